The lowest BCUT2D eigenvalue weighted by Gasteiger charge is -2.19. The number of amides is 1. The number of thiophene rings is 1. The molecule has 0 radical (unpaired) electrons. The number of rotatable bonds is 3. The molecule has 1 aromatic rings. The molecule has 0 spiro atoms. The Bertz CT molecular complexity index is 429. The summed E-state index contributed by atoms with van der Waals surface area (Å²) in [7, 11) is 0. The van der Waals surface area contributed by atoms with Crippen LogP contribution >= 0.6 is 11.3 Å². The largest absolute Gasteiger partial charge is 0.481 e. The Morgan fingerprint density at radius 3 is 2.88 bits per heavy atom. The maximum atomic E-state index is 12.0. The van der Waals surface area contributed by atoms with Gasteiger partial charge in [0.25, 0.3) is 0 Å². The molecule has 1 atom stereocenters. The second kappa shape index (κ2) is 4.49. The average Bonchev–Trinajstić information content (AvgIpc) is 2.88. The van der Waals surface area contributed by atoms with Crippen LogP contribution in [-0.4, -0.2) is 35.0 Å². The molecule has 1 aromatic heterocycles. The van der Waals surface area contributed by atoms with Crippen LogP contribution in [0.3, 0.4) is 0 Å². The molecular weight excluding hydrogens is 238 g/mol. The van der Waals surface area contributed by atoms with Crippen molar-refractivity contribution in [2.45, 2.75) is 19.8 Å². The summed E-state index contributed by atoms with van der Waals surface area (Å²) in [5, 5.41) is 11.0. The van der Waals surface area contributed by atoms with Crippen LogP contribution in [0, 0.1) is 5.41 Å². The van der Waals surface area contributed by atoms with Crippen LogP contribution in [0.15, 0.2) is 17.5 Å². The number of carbonyl (C=O) groups is 2. The number of hydrogen-bond acceptors (Lipinski definition) is 3. The topological polar surface area (TPSA) is 57.6 Å². The molecule has 92 valence electrons. The quantitative estimate of drug-likeness (QED) is 0.890. The Labute approximate surface area is 104 Å². The van der Waals surface area contributed by atoms with E-state index in [4.69, 9.17) is 5.11 Å². The smallest absolute Gasteiger partial charge is 0.311 e. The Morgan fingerprint density at radius 1 is 1.59 bits per heavy atom. The number of carboxylic acid groups (broad SMARTS) is 1. The van der Waals surface area contributed by atoms with E-state index in [0.29, 0.717) is 25.9 Å². The summed E-state index contributed by atoms with van der Waals surface area (Å²) in [6.07, 6.45) is 0.922. The monoisotopic (exact) mass is 253 g/mol. The van der Waals surface area contributed by atoms with Gasteiger partial charge in [0, 0.05) is 18.0 Å². The SMILES string of the molecule is C[C@]1(C(=O)O)CCN(C(=O)Cc2cccs2)C1. The highest BCUT2D eigenvalue weighted by Crippen LogP contribution is 2.30. The molecule has 1 N–H and O–H groups in total. The van der Waals surface area contributed by atoms with E-state index < -0.39 is 11.4 Å². The lowest BCUT2D eigenvalue weighted by Crippen LogP contribution is -2.35. The maximum absolute atomic E-state index is 12.0. The lowest BCUT2D eigenvalue weighted by molar-refractivity contribution is -0.147. The molecule has 4 nitrogen and oxygen atoms in total. The van der Waals surface area contributed by atoms with Gasteiger partial charge in [-0.1, -0.05) is 6.07 Å². The molecule has 1 fully saturated rings. The molecule has 0 saturated carbocycles. The molecule has 1 saturated heterocycles. The number of aliphatic carboxylic acids is 1. The van der Waals surface area contributed by atoms with Crippen LogP contribution in [-0.2, 0) is 16.0 Å². The third-order valence-corrected chi connectivity index (χ3v) is 4.12. The van der Waals surface area contributed by atoms with Gasteiger partial charge in [0.05, 0.1) is 11.8 Å². The molecule has 2 heterocycles. The summed E-state index contributed by atoms with van der Waals surface area (Å²) in [5.41, 5.74) is -0.773. The van der Waals surface area contributed by atoms with Crippen LogP contribution in [0.4, 0.5) is 0 Å². The van der Waals surface area contributed by atoms with Crippen LogP contribution in [0.2, 0.25) is 0 Å². The van der Waals surface area contributed by atoms with Crippen molar-refractivity contribution in [1.82, 2.24) is 4.90 Å². The van der Waals surface area contributed by atoms with Gasteiger partial charge >= 0.3 is 5.97 Å². The number of carboxylic acids is 1. The fourth-order valence-electron chi connectivity index (χ4n) is 2.02. The molecule has 1 aliphatic heterocycles. The van der Waals surface area contributed by atoms with Gasteiger partial charge in [-0.05, 0) is 24.8 Å². The van der Waals surface area contributed by atoms with Crippen LogP contribution in [0.5, 0.6) is 0 Å². The van der Waals surface area contributed by atoms with Gasteiger partial charge in [0.15, 0.2) is 0 Å². The number of likely N-dealkylation sites (tertiary alicyclic amines) is 1. The van der Waals surface area contributed by atoms with E-state index in [-0.39, 0.29) is 5.91 Å². The Morgan fingerprint density at radius 2 is 2.35 bits per heavy atom. The van der Waals surface area contributed by atoms with Crippen molar-refractivity contribution in [3.8, 4) is 0 Å². The second-order valence-corrected chi connectivity index (χ2v) is 5.72. The van der Waals surface area contributed by atoms with Gasteiger partial charge < -0.3 is 10.0 Å². The predicted octanol–water partition coefficient (Wildman–Crippen LogP) is 1.61. The second-order valence-electron chi connectivity index (χ2n) is 4.69. The van der Waals surface area contributed by atoms with E-state index in [2.05, 4.69) is 0 Å². The summed E-state index contributed by atoms with van der Waals surface area (Å²) in [4.78, 5) is 25.7. The molecule has 0 bridgehead atoms. The highest BCUT2D eigenvalue weighted by Gasteiger charge is 2.41. The van der Waals surface area contributed by atoms with Gasteiger partial charge in [-0.15, -0.1) is 11.3 Å². The summed E-state index contributed by atoms with van der Waals surface area (Å²) >= 11 is 1.55. The zero-order valence-corrected chi connectivity index (χ0v) is 10.5. The van der Waals surface area contributed by atoms with E-state index in [1.807, 2.05) is 17.5 Å². The summed E-state index contributed by atoms with van der Waals surface area (Å²) in [5.74, 6) is -0.790. The minimum absolute atomic E-state index is 0.0254. The van der Waals surface area contributed by atoms with E-state index in [1.165, 1.54) is 0 Å². The van der Waals surface area contributed by atoms with Crippen molar-refractivity contribution in [2.75, 3.05) is 13.1 Å². The van der Waals surface area contributed by atoms with Gasteiger partial charge in [-0.3, -0.25) is 9.59 Å². The van der Waals surface area contributed by atoms with Gasteiger partial charge in [-0.2, -0.15) is 0 Å². The van der Waals surface area contributed by atoms with Gasteiger partial charge in [0.1, 0.15) is 0 Å². The zero-order chi connectivity index (χ0) is 12.5. The Balaban J connectivity index is 1.97. The first-order chi connectivity index (χ1) is 8.01. The minimum atomic E-state index is -0.816. The van der Waals surface area contributed by atoms with Crippen molar-refractivity contribution >= 4 is 23.2 Å². The standard InChI is InChI=1S/C12H15NO3S/c1-12(11(15)16)4-5-13(8-12)10(14)7-9-3-2-6-17-9/h2-3,6H,4-5,7-8H2,1H3,(H,15,16)/t12-/m0/s1. The van der Waals surface area contributed by atoms with Crippen molar-refractivity contribution in [3.63, 3.8) is 0 Å². The Hall–Kier alpha value is -1.36. The average molecular weight is 253 g/mol. The first kappa shape index (κ1) is 12.1. The highest BCUT2D eigenvalue weighted by atomic mass is 32.1. The molecule has 1 amide bonds. The molecule has 0 aliphatic carbocycles. The number of hydrogen-bond donors (Lipinski definition) is 1. The molecule has 1 aliphatic rings. The summed E-state index contributed by atoms with van der Waals surface area (Å²) in [6, 6.07) is 3.84. The third kappa shape index (κ3) is 2.49. The fraction of sp³-hybridized carbons (Fsp3) is 0.500. The number of carbonyl (C=O) groups excluding carboxylic acids is 1. The van der Waals surface area contributed by atoms with E-state index in [0.717, 1.165) is 4.88 Å². The normalized spacial score (nSPS) is 23.9. The number of nitrogens with zero attached hydrogens (tertiary/aromatic N) is 1. The molecule has 17 heavy (non-hydrogen) atoms. The fourth-order valence-corrected chi connectivity index (χ4v) is 2.72. The van der Waals surface area contributed by atoms with Crippen molar-refractivity contribution < 1.29 is 14.7 Å². The molecular formula is C12H15NO3S. The molecule has 0 aromatic carbocycles. The predicted molar refractivity (Wildman–Crippen MR) is 65.0 cm³/mol. The molecule has 5 heteroatoms. The van der Waals surface area contributed by atoms with E-state index in [1.54, 1.807) is 23.2 Å². The van der Waals surface area contributed by atoms with Gasteiger partial charge in [-0.25, -0.2) is 0 Å². The van der Waals surface area contributed by atoms with Crippen LogP contribution in [0.25, 0.3) is 0 Å². The zero-order valence-electron chi connectivity index (χ0n) is 9.68. The highest BCUT2D eigenvalue weighted by molar-refractivity contribution is 7.10. The molecule has 2 rings (SSSR count). The first-order valence-corrected chi connectivity index (χ1v) is 6.43. The van der Waals surface area contributed by atoms with Crippen molar-refractivity contribution in [3.05, 3.63) is 22.4 Å². The third-order valence-electron chi connectivity index (χ3n) is 3.25. The summed E-state index contributed by atoms with van der Waals surface area (Å²) in [6.45, 7) is 2.58. The van der Waals surface area contributed by atoms with E-state index in [9.17, 15) is 9.59 Å². The minimum Gasteiger partial charge on any atom is -0.481 e. The van der Waals surface area contributed by atoms with E-state index >= 15 is 0 Å². The summed E-state index contributed by atoms with van der Waals surface area (Å²) < 4.78 is 0. The van der Waals surface area contributed by atoms with Crippen molar-refractivity contribution in [2.24, 2.45) is 5.41 Å². The lowest BCUT2D eigenvalue weighted by atomic mass is 9.90. The first-order valence-electron chi connectivity index (χ1n) is 5.55. The van der Waals surface area contributed by atoms with Crippen LogP contribution < -0.4 is 0 Å². The molecule has 0 unspecified atom stereocenters. The van der Waals surface area contributed by atoms with Crippen molar-refractivity contribution in [1.29, 1.82) is 0 Å². The van der Waals surface area contributed by atoms with Gasteiger partial charge in [0.2, 0.25) is 5.91 Å². The maximum Gasteiger partial charge on any atom is 0.311 e. The van der Waals surface area contributed by atoms with Crippen LogP contribution in [0.1, 0.15) is 18.2 Å². The Kier molecular flexibility index (Phi) is 3.19.